The Bertz CT molecular complexity index is 705. The highest BCUT2D eigenvalue weighted by Gasteiger charge is 2.54. The maximum absolute atomic E-state index is 12.2. The molecule has 0 bridgehead atoms. The lowest BCUT2D eigenvalue weighted by atomic mass is 10.1. The fourth-order valence-electron chi connectivity index (χ4n) is 2.71. The van der Waals surface area contributed by atoms with E-state index in [2.05, 4.69) is 5.32 Å². The van der Waals surface area contributed by atoms with E-state index in [4.69, 9.17) is 4.42 Å². The predicted octanol–water partition coefficient (Wildman–Crippen LogP) is 2.35. The first-order valence-electron chi connectivity index (χ1n) is 5.90. The summed E-state index contributed by atoms with van der Waals surface area (Å²) in [7, 11) is 0. The number of furan rings is 1. The van der Waals surface area contributed by atoms with Gasteiger partial charge in [0.2, 0.25) is 5.66 Å². The number of carbonyl (C=O) groups is 1. The molecule has 3 heterocycles. The number of nitrogens with zero attached hydrogens (tertiary/aromatic N) is 1. The van der Waals surface area contributed by atoms with Gasteiger partial charge in [0.15, 0.2) is 11.5 Å². The third kappa shape index (κ3) is 1.12. The Morgan fingerprint density at radius 2 is 2.05 bits per heavy atom. The SMILES string of the molecule is O=C1C(O)=C[C@@]2(c3ccco3)Nc3ccccc3N12. The van der Waals surface area contributed by atoms with Gasteiger partial charge in [0.25, 0.3) is 5.91 Å². The van der Waals surface area contributed by atoms with E-state index in [1.807, 2.05) is 24.3 Å². The van der Waals surface area contributed by atoms with Crippen LogP contribution in [0.3, 0.4) is 0 Å². The molecule has 1 aromatic carbocycles. The van der Waals surface area contributed by atoms with Gasteiger partial charge in [-0.25, -0.2) is 0 Å². The van der Waals surface area contributed by atoms with Crippen molar-refractivity contribution in [1.29, 1.82) is 0 Å². The van der Waals surface area contributed by atoms with Gasteiger partial charge in [0.1, 0.15) is 0 Å². The van der Waals surface area contributed by atoms with E-state index < -0.39 is 11.6 Å². The highest BCUT2D eigenvalue weighted by Crippen LogP contribution is 2.49. The molecule has 0 unspecified atom stereocenters. The van der Waals surface area contributed by atoms with Crippen LogP contribution in [0.25, 0.3) is 0 Å². The lowest BCUT2D eigenvalue weighted by Gasteiger charge is -2.28. The lowest BCUT2D eigenvalue weighted by molar-refractivity contribution is -0.117. The zero-order valence-electron chi connectivity index (χ0n) is 9.83. The normalized spacial score (nSPS) is 23.9. The van der Waals surface area contributed by atoms with Crippen molar-refractivity contribution in [2.45, 2.75) is 5.66 Å². The molecule has 0 fully saturated rings. The Balaban J connectivity index is 1.98. The molecule has 2 aliphatic heterocycles. The minimum Gasteiger partial charge on any atom is -0.503 e. The summed E-state index contributed by atoms with van der Waals surface area (Å²) in [6, 6.07) is 11.0. The fourth-order valence-corrected chi connectivity index (χ4v) is 2.71. The molecule has 0 radical (unpaired) electrons. The lowest BCUT2D eigenvalue weighted by Crippen LogP contribution is -2.45. The van der Waals surface area contributed by atoms with Crippen molar-refractivity contribution in [3.63, 3.8) is 0 Å². The van der Waals surface area contributed by atoms with Crippen LogP contribution in [-0.2, 0) is 10.5 Å². The molecule has 2 aliphatic rings. The van der Waals surface area contributed by atoms with E-state index in [9.17, 15) is 9.90 Å². The van der Waals surface area contributed by atoms with Crippen molar-refractivity contribution in [2.24, 2.45) is 0 Å². The molecule has 1 amide bonds. The summed E-state index contributed by atoms with van der Waals surface area (Å²) < 4.78 is 5.44. The van der Waals surface area contributed by atoms with E-state index >= 15 is 0 Å². The summed E-state index contributed by atoms with van der Waals surface area (Å²) in [5, 5.41) is 13.0. The van der Waals surface area contributed by atoms with Gasteiger partial charge in [-0.2, -0.15) is 0 Å². The van der Waals surface area contributed by atoms with Crippen molar-refractivity contribution in [1.82, 2.24) is 0 Å². The molecule has 4 rings (SSSR count). The second-order valence-electron chi connectivity index (χ2n) is 4.56. The molecular formula is C14H10N2O3. The molecule has 5 nitrogen and oxygen atoms in total. The molecule has 0 saturated carbocycles. The van der Waals surface area contributed by atoms with Gasteiger partial charge >= 0.3 is 0 Å². The van der Waals surface area contributed by atoms with E-state index in [-0.39, 0.29) is 5.76 Å². The summed E-state index contributed by atoms with van der Waals surface area (Å²) in [4.78, 5) is 13.7. The summed E-state index contributed by atoms with van der Waals surface area (Å²) >= 11 is 0. The maximum atomic E-state index is 12.2. The average molecular weight is 254 g/mol. The van der Waals surface area contributed by atoms with Gasteiger partial charge in [-0.3, -0.25) is 9.69 Å². The van der Waals surface area contributed by atoms with Crippen LogP contribution in [0.15, 0.2) is 58.9 Å². The molecule has 2 aromatic rings. The van der Waals surface area contributed by atoms with E-state index in [0.717, 1.165) is 11.4 Å². The number of fused-ring (bicyclic) bond motifs is 3. The molecular weight excluding hydrogens is 244 g/mol. The van der Waals surface area contributed by atoms with Crippen molar-refractivity contribution >= 4 is 17.3 Å². The van der Waals surface area contributed by atoms with Gasteiger partial charge < -0.3 is 14.8 Å². The third-order valence-electron chi connectivity index (χ3n) is 3.49. The molecule has 1 aromatic heterocycles. The highest BCUT2D eigenvalue weighted by molar-refractivity contribution is 6.12. The minimum atomic E-state index is -0.964. The van der Waals surface area contributed by atoms with Gasteiger partial charge in [-0.1, -0.05) is 12.1 Å². The molecule has 94 valence electrons. The smallest absolute Gasteiger partial charge is 0.295 e. The van der Waals surface area contributed by atoms with E-state index in [0.29, 0.717) is 5.76 Å². The summed E-state index contributed by atoms with van der Waals surface area (Å²) in [6.07, 6.45) is 3.02. The zero-order valence-corrected chi connectivity index (χ0v) is 9.83. The average Bonchev–Trinajstić information content (AvgIpc) is 3.07. The van der Waals surface area contributed by atoms with Crippen molar-refractivity contribution in [3.05, 3.63) is 60.3 Å². The third-order valence-corrected chi connectivity index (χ3v) is 3.49. The summed E-state index contributed by atoms with van der Waals surface area (Å²) in [5.41, 5.74) is 0.592. The molecule has 2 N–H and O–H groups in total. The van der Waals surface area contributed by atoms with Gasteiger partial charge in [0, 0.05) is 6.08 Å². The van der Waals surface area contributed by atoms with E-state index in [1.165, 1.54) is 11.0 Å². The van der Waals surface area contributed by atoms with Crippen molar-refractivity contribution in [3.8, 4) is 0 Å². The number of carbonyl (C=O) groups excluding carboxylic acids is 1. The Morgan fingerprint density at radius 1 is 1.21 bits per heavy atom. The molecule has 0 spiro atoms. The first-order chi connectivity index (χ1) is 9.22. The Labute approximate surface area is 108 Å². The van der Waals surface area contributed by atoms with E-state index in [1.54, 1.807) is 18.4 Å². The van der Waals surface area contributed by atoms with Crippen LogP contribution in [0, 0.1) is 0 Å². The van der Waals surface area contributed by atoms with Crippen LogP contribution < -0.4 is 10.2 Å². The van der Waals surface area contributed by atoms with Gasteiger partial charge in [-0.05, 0) is 24.3 Å². The summed E-state index contributed by atoms with van der Waals surface area (Å²) in [6.45, 7) is 0. The monoisotopic (exact) mass is 254 g/mol. The Morgan fingerprint density at radius 3 is 2.84 bits per heavy atom. The van der Waals surface area contributed by atoms with Crippen LogP contribution in [0.5, 0.6) is 0 Å². The zero-order chi connectivity index (χ0) is 13.0. The number of rotatable bonds is 1. The van der Waals surface area contributed by atoms with Crippen LogP contribution >= 0.6 is 0 Å². The first-order valence-corrected chi connectivity index (χ1v) is 5.90. The first kappa shape index (κ1) is 10.3. The molecule has 0 saturated heterocycles. The van der Waals surface area contributed by atoms with Crippen molar-refractivity contribution < 1.29 is 14.3 Å². The number of hydrogen-bond donors (Lipinski definition) is 2. The Kier molecular flexibility index (Phi) is 1.73. The predicted molar refractivity (Wildman–Crippen MR) is 68.6 cm³/mol. The van der Waals surface area contributed by atoms with Crippen LogP contribution in [0.4, 0.5) is 11.4 Å². The topological polar surface area (TPSA) is 65.7 Å². The van der Waals surface area contributed by atoms with Crippen LogP contribution in [0.2, 0.25) is 0 Å². The molecule has 5 heteroatoms. The number of para-hydroxylation sites is 2. The quantitative estimate of drug-likeness (QED) is 0.819. The number of benzene rings is 1. The van der Waals surface area contributed by atoms with Crippen LogP contribution in [0.1, 0.15) is 5.76 Å². The minimum absolute atomic E-state index is 0.279. The number of aliphatic hydroxyl groups excluding tert-OH is 1. The Hall–Kier alpha value is -2.69. The second kappa shape index (κ2) is 3.20. The molecule has 19 heavy (non-hydrogen) atoms. The number of nitrogens with one attached hydrogen (secondary N) is 1. The van der Waals surface area contributed by atoms with Gasteiger partial charge in [0.05, 0.1) is 17.6 Å². The summed E-state index contributed by atoms with van der Waals surface area (Å²) in [5.74, 6) is -0.159. The number of aliphatic hydroxyl groups is 1. The van der Waals surface area contributed by atoms with Crippen LogP contribution in [-0.4, -0.2) is 11.0 Å². The maximum Gasteiger partial charge on any atom is 0.295 e. The number of anilines is 2. The molecule has 0 aliphatic carbocycles. The second-order valence-corrected chi connectivity index (χ2v) is 4.56. The number of hydrogen-bond acceptors (Lipinski definition) is 4. The molecule has 1 atom stereocenters. The standard InChI is InChI=1S/C14H10N2O3/c17-11-8-14(12-6-3-7-19-12)15-9-4-1-2-5-10(9)16(14)13(11)18/h1-8,15,17H/t14-/m1/s1. The largest absolute Gasteiger partial charge is 0.503 e. The fraction of sp³-hybridized carbons (Fsp3) is 0.0714. The van der Waals surface area contributed by atoms with Crippen molar-refractivity contribution in [2.75, 3.05) is 10.2 Å². The highest BCUT2D eigenvalue weighted by atomic mass is 16.3. The number of amides is 1. The van der Waals surface area contributed by atoms with Gasteiger partial charge in [-0.15, -0.1) is 0 Å².